The summed E-state index contributed by atoms with van der Waals surface area (Å²) in [6.45, 7) is 4.06. The highest BCUT2D eigenvalue weighted by Gasteiger charge is 2.06. The number of rotatable bonds is 7. The predicted molar refractivity (Wildman–Crippen MR) is 78.1 cm³/mol. The van der Waals surface area contributed by atoms with Crippen molar-refractivity contribution in [1.82, 2.24) is 15.5 Å². The van der Waals surface area contributed by atoms with E-state index < -0.39 is 0 Å². The maximum absolute atomic E-state index is 5.63. The van der Waals surface area contributed by atoms with Crippen LogP contribution in [0, 0.1) is 0 Å². The molecular weight excluding hydrogens is 306 g/mol. The number of hydrogen-bond acceptors (Lipinski definition) is 4. The molecule has 0 bridgehead atoms. The van der Waals surface area contributed by atoms with Crippen LogP contribution >= 0.6 is 15.9 Å². The third-order valence-corrected chi connectivity index (χ3v) is 3.19. The first kappa shape index (κ1) is 14.2. The van der Waals surface area contributed by atoms with Gasteiger partial charge in [0.05, 0.1) is 6.42 Å². The molecule has 0 unspecified atom stereocenters. The summed E-state index contributed by atoms with van der Waals surface area (Å²) in [6, 6.07) is 8.12. The summed E-state index contributed by atoms with van der Waals surface area (Å²) < 4.78 is 6.69. The van der Waals surface area contributed by atoms with Gasteiger partial charge >= 0.3 is 0 Å². The summed E-state index contributed by atoms with van der Waals surface area (Å²) in [6.07, 6.45) is 2.60. The minimum atomic E-state index is 0.670. The van der Waals surface area contributed by atoms with Crippen LogP contribution in [-0.2, 0) is 12.8 Å². The van der Waals surface area contributed by atoms with Crippen molar-refractivity contribution in [3.05, 3.63) is 46.1 Å². The van der Waals surface area contributed by atoms with Gasteiger partial charge in [-0.3, -0.25) is 0 Å². The van der Waals surface area contributed by atoms with Crippen molar-refractivity contribution >= 4 is 15.9 Å². The molecule has 19 heavy (non-hydrogen) atoms. The highest BCUT2D eigenvalue weighted by molar-refractivity contribution is 9.10. The van der Waals surface area contributed by atoms with E-state index in [2.05, 4.69) is 50.5 Å². The molecule has 2 aromatic rings. The van der Waals surface area contributed by atoms with E-state index in [1.807, 2.05) is 12.1 Å². The molecule has 1 N–H and O–H groups in total. The van der Waals surface area contributed by atoms with Crippen molar-refractivity contribution in [2.24, 2.45) is 0 Å². The first-order valence-corrected chi connectivity index (χ1v) is 7.33. The number of benzene rings is 1. The fourth-order valence-electron chi connectivity index (χ4n) is 1.78. The molecule has 0 spiro atoms. The third-order valence-electron chi connectivity index (χ3n) is 2.70. The minimum absolute atomic E-state index is 0.670. The molecule has 0 aliphatic rings. The normalized spacial score (nSPS) is 10.8. The molecule has 1 aromatic heterocycles. The van der Waals surface area contributed by atoms with Crippen LogP contribution in [0.15, 0.2) is 33.2 Å². The first-order chi connectivity index (χ1) is 9.28. The van der Waals surface area contributed by atoms with Crippen LogP contribution in [0.2, 0.25) is 0 Å². The number of nitrogens with zero attached hydrogens (tertiary/aromatic N) is 2. The van der Waals surface area contributed by atoms with Gasteiger partial charge in [0.25, 0.3) is 0 Å². The Labute approximate surface area is 121 Å². The van der Waals surface area contributed by atoms with E-state index in [-0.39, 0.29) is 0 Å². The van der Waals surface area contributed by atoms with Crippen molar-refractivity contribution in [1.29, 1.82) is 0 Å². The average molecular weight is 324 g/mol. The largest absolute Gasteiger partial charge is 0.425 e. The summed E-state index contributed by atoms with van der Waals surface area (Å²) in [5.41, 5.74) is 1.16. The molecule has 0 saturated heterocycles. The number of aromatic nitrogens is 2. The van der Waals surface area contributed by atoms with Crippen molar-refractivity contribution < 1.29 is 4.42 Å². The Morgan fingerprint density at radius 2 is 2.05 bits per heavy atom. The van der Waals surface area contributed by atoms with E-state index in [1.165, 1.54) is 0 Å². The van der Waals surface area contributed by atoms with Gasteiger partial charge in [-0.15, -0.1) is 10.2 Å². The summed E-state index contributed by atoms with van der Waals surface area (Å²) in [7, 11) is 0. The molecule has 4 nitrogen and oxygen atoms in total. The van der Waals surface area contributed by atoms with Gasteiger partial charge in [0.15, 0.2) is 0 Å². The van der Waals surface area contributed by atoms with Gasteiger partial charge in [-0.1, -0.05) is 35.0 Å². The highest BCUT2D eigenvalue weighted by Crippen LogP contribution is 2.14. The van der Waals surface area contributed by atoms with E-state index in [9.17, 15) is 0 Å². The lowest BCUT2D eigenvalue weighted by Crippen LogP contribution is -2.17. The lowest BCUT2D eigenvalue weighted by Gasteiger charge is -1.99. The predicted octanol–water partition coefficient (Wildman–Crippen LogP) is 2.97. The molecule has 5 heteroatoms. The fraction of sp³-hybridized carbons (Fsp3) is 0.429. The second-order valence-corrected chi connectivity index (χ2v) is 5.31. The zero-order chi connectivity index (χ0) is 13.5. The van der Waals surface area contributed by atoms with E-state index in [0.29, 0.717) is 18.2 Å². The van der Waals surface area contributed by atoms with Gasteiger partial charge in [0.2, 0.25) is 11.8 Å². The summed E-state index contributed by atoms with van der Waals surface area (Å²) in [5, 5.41) is 11.5. The minimum Gasteiger partial charge on any atom is -0.425 e. The lowest BCUT2D eigenvalue weighted by molar-refractivity contribution is 0.451. The number of halogens is 1. The molecule has 0 saturated carbocycles. The van der Waals surface area contributed by atoms with Gasteiger partial charge < -0.3 is 9.73 Å². The Kier molecular flexibility index (Phi) is 5.54. The van der Waals surface area contributed by atoms with Crippen molar-refractivity contribution in [2.45, 2.75) is 26.2 Å². The molecular formula is C14H18BrN3O. The molecule has 0 aliphatic heterocycles. The number of hydrogen-bond donors (Lipinski definition) is 1. The summed E-state index contributed by atoms with van der Waals surface area (Å²) in [4.78, 5) is 0. The van der Waals surface area contributed by atoms with Gasteiger partial charge in [-0.05, 0) is 30.7 Å². The molecule has 0 fully saturated rings. The molecule has 0 aliphatic carbocycles. The van der Waals surface area contributed by atoms with Crippen LogP contribution in [0.4, 0.5) is 0 Å². The summed E-state index contributed by atoms with van der Waals surface area (Å²) in [5.74, 6) is 1.37. The van der Waals surface area contributed by atoms with Crippen LogP contribution in [0.1, 0.15) is 30.7 Å². The second kappa shape index (κ2) is 7.40. The maximum atomic E-state index is 5.63. The van der Waals surface area contributed by atoms with Gasteiger partial charge in [0.1, 0.15) is 0 Å². The van der Waals surface area contributed by atoms with Crippen molar-refractivity contribution in [2.75, 3.05) is 13.1 Å². The standard InChI is InChI=1S/C14H18BrN3O/c1-2-7-16-8-6-13-17-18-14(19-13)10-11-4-3-5-12(15)9-11/h3-5,9,16H,2,6-8,10H2,1H3. The molecule has 2 rings (SSSR count). The molecule has 0 atom stereocenters. The van der Waals surface area contributed by atoms with Crippen LogP contribution in [0.5, 0.6) is 0 Å². The van der Waals surface area contributed by atoms with E-state index in [4.69, 9.17) is 4.42 Å². The Morgan fingerprint density at radius 3 is 2.84 bits per heavy atom. The quantitative estimate of drug-likeness (QED) is 0.796. The highest BCUT2D eigenvalue weighted by atomic mass is 79.9. The van der Waals surface area contributed by atoms with Gasteiger partial charge in [-0.2, -0.15) is 0 Å². The summed E-state index contributed by atoms with van der Waals surface area (Å²) >= 11 is 3.45. The zero-order valence-electron chi connectivity index (χ0n) is 11.0. The van der Waals surface area contributed by atoms with Crippen LogP contribution in [-0.4, -0.2) is 23.3 Å². The van der Waals surface area contributed by atoms with Gasteiger partial charge in [-0.25, -0.2) is 0 Å². The molecule has 0 amide bonds. The first-order valence-electron chi connectivity index (χ1n) is 6.54. The average Bonchev–Trinajstić information content (AvgIpc) is 2.82. The van der Waals surface area contributed by atoms with Crippen LogP contribution in [0.3, 0.4) is 0 Å². The molecule has 1 aromatic carbocycles. The Bertz CT molecular complexity index is 513. The smallest absolute Gasteiger partial charge is 0.220 e. The molecule has 102 valence electrons. The Balaban J connectivity index is 1.87. The van der Waals surface area contributed by atoms with Crippen LogP contribution in [0.25, 0.3) is 0 Å². The lowest BCUT2D eigenvalue weighted by atomic mass is 10.1. The van der Waals surface area contributed by atoms with E-state index in [1.54, 1.807) is 0 Å². The monoisotopic (exact) mass is 323 g/mol. The van der Waals surface area contributed by atoms with Gasteiger partial charge in [0, 0.05) is 17.4 Å². The maximum Gasteiger partial charge on any atom is 0.220 e. The van der Waals surface area contributed by atoms with Crippen molar-refractivity contribution in [3.63, 3.8) is 0 Å². The van der Waals surface area contributed by atoms with Crippen LogP contribution < -0.4 is 5.32 Å². The zero-order valence-corrected chi connectivity index (χ0v) is 12.6. The number of nitrogens with one attached hydrogen (secondary N) is 1. The Morgan fingerprint density at radius 1 is 1.21 bits per heavy atom. The Hall–Kier alpha value is -1.20. The molecule has 1 heterocycles. The SMILES string of the molecule is CCCNCCc1nnc(Cc2cccc(Br)c2)o1. The topological polar surface area (TPSA) is 51.0 Å². The third kappa shape index (κ3) is 4.76. The molecule has 0 radical (unpaired) electrons. The van der Waals surface area contributed by atoms with Crippen molar-refractivity contribution in [3.8, 4) is 0 Å². The van der Waals surface area contributed by atoms with E-state index in [0.717, 1.165) is 36.0 Å². The fourth-order valence-corrected chi connectivity index (χ4v) is 2.23. The van der Waals surface area contributed by atoms with E-state index >= 15 is 0 Å². The second-order valence-electron chi connectivity index (χ2n) is 4.40.